The summed E-state index contributed by atoms with van der Waals surface area (Å²) in [5, 5.41) is -0.611. The van der Waals surface area contributed by atoms with Crippen LogP contribution in [0.4, 0.5) is 8.78 Å². The number of likely N-dealkylation sites (tertiary alicyclic amines) is 1. The first-order valence-corrected chi connectivity index (χ1v) is 7.67. The molecule has 1 aromatic rings. The molecule has 1 heterocycles. The zero-order valence-electron chi connectivity index (χ0n) is 10.3. The van der Waals surface area contributed by atoms with Crippen LogP contribution >= 0.6 is 0 Å². The van der Waals surface area contributed by atoms with Crippen molar-refractivity contribution in [2.24, 2.45) is 0 Å². The summed E-state index contributed by atoms with van der Waals surface area (Å²) in [7, 11) is -3.22. The molecular formula is C12H13F2NO3S. The van der Waals surface area contributed by atoms with Gasteiger partial charge in [0.2, 0.25) is 0 Å². The van der Waals surface area contributed by atoms with Crippen molar-refractivity contribution >= 4 is 15.7 Å². The van der Waals surface area contributed by atoms with E-state index in [0.29, 0.717) is 12.5 Å². The van der Waals surface area contributed by atoms with Gasteiger partial charge in [-0.1, -0.05) is 0 Å². The van der Waals surface area contributed by atoms with Crippen LogP contribution in [0.5, 0.6) is 0 Å². The molecular weight excluding hydrogens is 276 g/mol. The van der Waals surface area contributed by atoms with Crippen molar-refractivity contribution < 1.29 is 22.0 Å². The van der Waals surface area contributed by atoms with Crippen LogP contribution in [0, 0.1) is 11.6 Å². The van der Waals surface area contributed by atoms with E-state index >= 15 is 0 Å². The summed E-state index contributed by atoms with van der Waals surface area (Å²) in [6.07, 6.45) is 1.46. The Morgan fingerprint density at radius 1 is 1.37 bits per heavy atom. The molecule has 1 saturated heterocycles. The molecule has 1 aliphatic rings. The summed E-state index contributed by atoms with van der Waals surface area (Å²) in [6, 6.07) is 2.71. The van der Waals surface area contributed by atoms with Gasteiger partial charge in [-0.15, -0.1) is 0 Å². The zero-order valence-corrected chi connectivity index (χ0v) is 11.1. The summed E-state index contributed by atoms with van der Waals surface area (Å²) in [6.45, 7) is 0.307. The van der Waals surface area contributed by atoms with Gasteiger partial charge in [-0.05, 0) is 18.6 Å². The van der Waals surface area contributed by atoms with Crippen molar-refractivity contribution in [3.8, 4) is 0 Å². The largest absolute Gasteiger partial charge is 0.337 e. The van der Waals surface area contributed by atoms with Crippen LogP contribution < -0.4 is 0 Å². The molecule has 0 spiro atoms. The van der Waals surface area contributed by atoms with Gasteiger partial charge in [-0.3, -0.25) is 4.79 Å². The molecule has 0 saturated carbocycles. The lowest BCUT2D eigenvalue weighted by atomic mass is 10.2. The molecule has 0 bridgehead atoms. The molecule has 0 aliphatic carbocycles. The number of halogens is 2. The molecule has 0 N–H and O–H groups in total. The monoisotopic (exact) mass is 289 g/mol. The van der Waals surface area contributed by atoms with Gasteiger partial charge in [0.15, 0.2) is 9.84 Å². The summed E-state index contributed by atoms with van der Waals surface area (Å²) < 4.78 is 49.0. The third-order valence-corrected chi connectivity index (χ3v) is 4.80. The molecule has 1 atom stereocenters. The van der Waals surface area contributed by atoms with Crippen LogP contribution in [0.1, 0.15) is 16.8 Å². The summed E-state index contributed by atoms with van der Waals surface area (Å²) >= 11 is 0. The number of carbonyl (C=O) groups is 1. The topological polar surface area (TPSA) is 54.5 Å². The van der Waals surface area contributed by atoms with Crippen LogP contribution in [0.25, 0.3) is 0 Å². The predicted molar refractivity (Wildman–Crippen MR) is 65.5 cm³/mol. The molecule has 1 fully saturated rings. The molecule has 2 rings (SSSR count). The molecule has 0 radical (unpaired) electrons. The third-order valence-electron chi connectivity index (χ3n) is 3.20. The van der Waals surface area contributed by atoms with E-state index in [0.717, 1.165) is 18.4 Å². The van der Waals surface area contributed by atoms with Gasteiger partial charge in [0.05, 0.1) is 10.8 Å². The minimum atomic E-state index is -3.22. The van der Waals surface area contributed by atoms with Crippen molar-refractivity contribution in [2.45, 2.75) is 11.7 Å². The van der Waals surface area contributed by atoms with E-state index in [1.807, 2.05) is 0 Å². The number of carbonyl (C=O) groups excluding carboxylic acids is 1. The minimum absolute atomic E-state index is 0.0501. The van der Waals surface area contributed by atoms with Crippen LogP contribution in [0.15, 0.2) is 18.2 Å². The summed E-state index contributed by atoms with van der Waals surface area (Å²) in [5.74, 6) is -2.30. The van der Waals surface area contributed by atoms with Crippen LogP contribution in [0.3, 0.4) is 0 Å². The number of hydrogen-bond donors (Lipinski definition) is 0. The number of amides is 1. The van der Waals surface area contributed by atoms with Crippen LogP contribution in [0.2, 0.25) is 0 Å². The van der Waals surface area contributed by atoms with Crippen molar-refractivity contribution in [1.82, 2.24) is 4.90 Å². The number of benzene rings is 1. The normalized spacial score (nSPS) is 19.7. The van der Waals surface area contributed by atoms with E-state index in [-0.39, 0.29) is 18.7 Å². The summed E-state index contributed by atoms with van der Waals surface area (Å²) in [5.41, 5.74) is -0.240. The Labute approximate surface area is 109 Å². The molecule has 4 nitrogen and oxygen atoms in total. The molecule has 1 unspecified atom stereocenters. The van der Waals surface area contributed by atoms with E-state index < -0.39 is 32.6 Å². The fraction of sp³-hybridized carbons (Fsp3) is 0.417. The Balaban J connectivity index is 2.18. The lowest BCUT2D eigenvalue weighted by Gasteiger charge is -2.16. The Kier molecular flexibility index (Phi) is 3.58. The lowest BCUT2D eigenvalue weighted by molar-refractivity contribution is 0.0788. The first-order valence-electron chi connectivity index (χ1n) is 5.72. The first-order chi connectivity index (χ1) is 8.79. The van der Waals surface area contributed by atoms with Crippen LogP contribution in [-0.2, 0) is 9.84 Å². The Morgan fingerprint density at radius 2 is 2.05 bits per heavy atom. The predicted octanol–water partition coefficient (Wildman–Crippen LogP) is 1.22. The Hall–Kier alpha value is -1.50. The number of hydrogen-bond acceptors (Lipinski definition) is 3. The molecule has 1 aliphatic heterocycles. The van der Waals surface area contributed by atoms with E-state index in [1.54, 1.807) is 0 Å². The first kappa shape index (κ1) is 13.9. The highest BCUT2D eigenvalue weighted by Gasteiger charge is 2.33. The highest BCUT2D eigenvalue weighted by molar-refractivity contribution is 7.91. The SMILES string of the molecule is CS(=O)(=O)C1CCN(C(=O)c2ccc(F)cc2F)C1. The molecule has 1 aromatic carbocycles. The van der Waals surface area contributed by atoms with E-state index in [1.165, 1.54) is 4.90 Å². The van der Waals surface area contributed by atoms with Gasteiger partial charge >= 0.3 is 0 Å². The second kappa shape index (κ2) is 4.88. The highest BCUT2D eigenvalue weighted by Crippen LogP contribution is 2.20. The number of nitrogens with zero attached hydrogens (tertiary/aromatic N) is 1. The Bertz CT molecular complexity index is 615. The highest BCUT2D eigenvalue weighted by atomic mass is 32.2. The number of sulfone groups is 1. The lowest BCUT2D eigenvalue weighted by Crippen LogP contribution is -2.32. The van der Waals surface area contributed by atoms with Gasteiger partial charge in [0.1, 0.15) is 11.6 Å². The smallest absolute Gasteiger partial charge is 0.256 e. The second-order valence-corrected chi connectivity index (χ2v) is 6.94. The molecule has 104 valence electrons. The fourth-order valence-corrected chi connectivity index (χ4v) is 3.08. The second-order valence-electron chi connectivity index (χ2n) is 4.62. The van der Waals surface area contributed by atoms with Gasteiger partial charge in [-0.2, -0.15) is 0 Å². The van der Waals surface area contributed by atoms with E-state index in [9.17, 15) is 22.0 Å². The van der Waals surface area contributed by atoms with Crippen molar-refractivity contribution in [3.63, 3.8) is 0 Å². The third kappa shape index (κ3) is 2.91. The maximum atomic E-state index is 13.5. The van der Waals surface area contributed by atoms with Gasteiger partial charge in [0.25, 0.3) is 5.91 Å². The van der Waals surface area contributed by atoms with Crippen molar-refractivity contribution in [2.75, 3.05) is 19.3 Å². The molecule has 0 aromatic heterocycles. The number of rotatable bonds is 2. The zero-order chi connectivity index (χ0) is 14.2. The van der Waals surface area contributed by atoms with Gasteiger partial charge in [-0.25, -0.2) is 17.2 Å². The maximum Gasteiger partial charge on any atom is 0.256 e. The fourth-order valence-electron chi connectivity index (χ4n) is 2.10. The van der Waals surface area contributed by atoms with E-state index in [4.69, 9.17) is 0 Å². The van der Waals surface area contributed by atoms with Gasteiger partial charge < -0.3 is 4.90 Å². The van der Waals surface area contributed by atoms with Crippen molar-refractivity contribution in [3.05, 3.63) is 35.4 Å². The Morgan fingerprint density at radius 3 is 2.58 bits per heavy atom. The van der Waals surface area contributed by atoms with Gasteiger partial charge in [0, 0.05) is 25.4 Å². The molecule has 7 heteroatoms. The standard InChI is InChI=1S/C12H13F2NO3S/c1-19(17,18)9-4-5-15(7-9)12(16)10-3-2-8(13)6-11(10)14/h2-3,6,9H,4-5,7H2,1H3. The minimum Gasteiger partial charge on any atom is -0.337 e. The van der Waals surface area contributed by atoms with E-state index in [2.05, 4.69) is 0 Å². The quantitative estimate of drug-likeness (QED) is 0.822. The maximum absolute atomic E-state index is 13.5. The van der Waals surface area contributed by atoms with Crippen LogP contribution in [-0.4, -0.2) is 43.8 Å². The molecule has 19 heavy (non-hydrogen) atoms. The summed E-state index contributed by atoms with van der Waals surface area (Å²) in [4.78, 5) is 13.3. The molecule has 1 amide bonds. The average molecular weight is 289 g/mol. The van der Waals surface area contributed by atoms with Crippen molar-refractivity contribution in [1.29, 1.82) is 0 Å². The average Bonchev–Trinajstić information content (AvgIpc) is 2.76.